The maximum atomic E-state index is 13.1. The number of hydrogen-bond acceptors (Lipinski definition) is 3. The molecule has 31 heavy (non-hydrogen) atoms. The second-order valence-electron chi connectivity index (χ2n) is 8.83. The minimum atomic E-state index is -0.278. The van der Waals surface area contributed by atoms with Gasteiger partial charge in [-0.15, -0.1) is 0 Å². The summed E-state index contributed by atoms with van der Waals surface area (Å²) in [6, 6.07) is 14.0. The number of benzene rings is 2. The number of nitrogens with zero attached hydrogens (tertiary/aromatic N) is 2. The molecule has 0 atom stereocenters. The molecule has 6 heteroatoms. The van der Waals surface area contributed by atoms with E-state index in [0.29, 0.717) is 31.5 Å². The van der Waals surface area contributed by atoms with Crippen LogP contribution in [0.4, 0.5) is 9.18 Å². The lowest BCUT2D eigenvalue weighted by atomic mass is 10.0. The Labute approximate surface area is 185 Å². The van der Waals surface area contributed by atoms with Crippen LogP contribution in [0.25, 0.3) is 0 Å². The molecule has 5 nitrogen and oxygen atoms in total. The smallest absolute Gasteiger partial charge is 0.332 e. The van der Waals surface area contributed by atoms with Gasteiger partial charge in [-0.3, -0.25) is 5.01 Å². The molecule has 1 aliphatic heterocycles. The number of piperidine rings is 1. The van der Waals surface area contributed by atoms with E-state index < -0.39 is 0 Å². The van der Waals surface area contributed by atoms with Crippen molar-refractivity contribution >= 4 is 6.03 Å². The number of carbonyl (C=O) groups excluding carboxylic acids is 1. The Morgan fingerprint density at radius 1 is 1.10 bits per heavy atom. The SMILES string of the molecule is CC(C)COc1ccc(CN(C(=O)NCc2ccc(F)cc2)N2CCC(C)CC2)cc1. The Morgan fingerprint density at radius 2 is 1.71 bits per heavy atom. The molecule has 0 aromatic heterocycles. The molecule has 2 amide bonds. The van der Waals surface area contributed by atoms with Gasteiger partial charge in [0.2, 0.25) is 0 Å². The summed E-state index contributed by atoms with van der Waals surface area (Å²) in [4.78, 5) is 13.1. The van der Waals surface area contributed by atoms with E-state index in [1.807, 2.05) is 24.3 Å². The maximum absolute atomic E-state index is 13.1. The number of rotatable bonds is 8. The molecule has 168 valence electrons. The second-order valence-corrected chi connectivity index (χ2v) is 8.83. The lowest BCUT2D eigenvalue weighted by Crippen LogP contribution is -2.52. The van der Waals surface area contributed by atoms with Crippen molar-refractivity contribution in [2.24, 2.45) is 11.8 Å². The summed E-state index contributed by atoms with van der Waals surface area (Å²) in [6.45, 7) is 9.76. The van der Waals surface area contributed by atoms with Crippen molar-refractivity contribution in [2.45, 2.75) is 46.7 Å². The van der Waals surface area contributed by atoms with E-state index in [1.54, 1.807) is 17.1 Å². The summed E-state index contributed by atoms with van der Waals surface area (Å²) < 4.78 is 18.9. The van der Waals surface area contributed by atoms with Gasteiger partial charge in [-0.05, 0) is 60.1 Å². The largest absolute Gasteiger partial charge is 0.493 e. The third kappa shape index (κ3) is 7.24. The number of carbonyl (C=O) groups is 1. The van der Waals surface area contributed by atoms with E-state index in [1.165, 1.54) is 12.1 Å². The first-order valence-electron chi connectivity index (χ1n) is 11.2. The number of ether oxygens (including phenoxy) is 1. The summed E-state index contributed by atoms with van der Waals surface area (Å²) in [6.07, 6.45) is 2.15. The van der Waals surface area contributed by atoms with Crippen molar-refractivity contribution in [1.82, 2.24) is 15.3 Å². The standard InChI is InChI=1S/C25H34FN3O2/c1-19(2)18-31-24-10-6-22(7-11-24)17-29(28-14-12-20(3)13-15-28)25(30)27-16-21-4-8-23(26)9-5-21/h4-11,19-20H,12-18H2,1-3H3,(H,27,30). The highest BCUT2D eigenvalue weighted by Gasteiger charge is 2.25. The van der Waals surface area contributed by atoms with Gasteiger partial charge in [-0.25, -0.2) is 14.2 Å². The third-order valence-electron chi connectivity index (χ3n) is 5.53. The molecule has 0 bridgehead atoms. The van der Waals surface area contributed by atoms with Gasteiger partial charge in [0.25, 0.3) is 0 Å². The molecule has 3 rings (SSSR count). The Morgan fingerprint density at radius 3 is 2.32 bits per heavy atom. The number of hydrogen-bond donors (Lipinski definition) is 1. The molecule has 2 aromatic rings. The average molecular weight is 428 g/mol. The Kier molecular flexibility index (Phi) is 8.29. The van der Waals surface area contributed by atoms with Crippen LogP contribution in [0.15, 0.2) is 48.5 Å². The molecule has 0 unspecified atom stereocenters. The Balaban J connectivity index is 1.65. The first-order valence-corrected chi connectivity index (χ1v) is 11.2. The van der Waals surface area contributed by atoms with Crippen LogP contribution in [0.2, 0.25) is 0 Å². The highest BCUT2D eigenvalue weighted by atomic mass is 19.1. The van der Waals surface area contributed by atoms with E-state index in [9.17, 15) is 9.18 Å². The molecule has 0 radical (unpaired) electrons. The summed E-state index contributed by atoms with van der Waals surface area (Å²) in [5, 5.41) is 6.94. The normalized spacial score (nSPS) is 15.1. The second kappa shape index (κ2) is 11.1. The molecule has 1 aliphatic rings. The number of halogens is 1. The van der Waals surface area contributed by atoms with Crippen LogP contribution in [-0.2, 0) is 13.1 Å². The van der Waals surface area contributed by atoms with Crippen LogP contribution in [0, 0.1) is 17.7 Å². The van der Waals surface area contributed by atoms with Crippen molar-refractivity contribution in [2.75, 3.05) is 19.7 Å². The highest BCUT2D eigenvalue weighted by Crippen LogP contribution is 2.21. The van der Waals surface area contributed by atoms with Crippen molar-refractivity contribution < 1.29 is 13.9 Å². The number of urea groups is 1. The number of hydrazine groups is 1. The van der Waals surface area contributed by atoms with Crippen LogP contribution in [-0.4, -0.2) is 35.7 Å². The van der Waals surface area contributed by atoms with E-state index >= 15 is 0 Å². The summed E-state index contributed by atoms with van der Waals surface area (Å²) in [5.41, 5.74) is 1.92. The Bertz CT molecular complexity index is 816. The predicted octanol–water partition coefficient (Wildman–Crippen LogP) is 5.22. The zero-order valence-corrected chi connectivity index (χ0v) is 18.8. The zero-order valence-electron chi connectivity index (χ0n) is 18.8. The van der Waals surface area contributed by atoms with Gasteiger partial charge in [-0.1, -0.05) is 45.0 Å². The maximum Gasteiger partial charge on any atom is 0.332 e. The highest BCUT2D eigenvalue weighted by molar-refractivity contribution is 5.73. The van der Waals surface area contributed by atoms with Gasteiger partial charge < -0.3 is 10.1 Å². The van der Waals surface area contributed by atoms with Gasteiger partial charge in [-0.2, -0.15) is 0 Å². The molecule has 0 saturated carbocycles. The quantitative estimate of drug-likeness (QED) is 0.628. The van der Waals surface area contributed by atoms with Crippen LogP contribution in [0.3, 0.4) is 0 Å². The molecule has 0 aliphatic carbocycles. The van der Waals surface area contributed by atoms with Crippen LogP contribution in [0.1, 0.15) is 44.7 Å². The molecule has 1 saturated heterocycles. The van der Waals surface area contributed by atoms with Crippen molar-refractivity contribution in [3.05, 3.63) is 65.5 Å². The first kappa shape index (κ1) is 23.1. The number of amides is 2. The van der Waals surface area contributed by atoms with Crippen LogP contribution in [0.5, 0.6) is 5.75 Å². The van der Waals surface area contributed by atoms with Crippen molar-refractivity contribution in [1.29, 1.82) is 0 Å². The summed E-state index contributed by atoms with van der Waals surface area (Å²) in [5.74, 6) is 1.72. The van der Waals surface area contributed by atoms with Crippen LogP contribution >= 0.6 is 0 Å². The molecular formula is C25H34FN3O2. The minimum Gasteiger partial charge on any atom is -0.493 e. The third-order valence-corrected chi connectivity index (χ3v) is 5.53. The lowest BCUT2D eigenvalue weighted by molar-refractivity contribution is -0.0178. The molecule has 1 N–H and O–H groups in total. The van der Waals surface area contributed by atoms with Crippen LogP contribution < -0.4 is 10.1 Å². The Hall–Kier alpha value is -2.60. The van der Waals surface area contributed by atoms with Gasteiger partial charge in [0, 0.05) is 19.6 Å². The van der Waals surface area contributed by atoms with E-state index in [0.717, 1.165) is 42.8 Å². The first-order chi connectivity index (χ1) is 14.9. The molecule has 1 heterocycles. The molecule has 2 aromatic carbocycles. The lowest BCUT2D eigenvalue weighted by Gasteiger charge is -2.39. The monoisotopic (exact) mass is 427 g/mol. The molecule has 1 fully saturated rings. The fourth-order valence-electron chi connectivity index (χ4n) is 3.53. The van der Waals surface area contributed by atoms with Gasteiger partial charge in [0.1, 0.15) is 11.6 Å². The minimum absolute atomic E-state index is 0.140. The summed E-state index contributed by atoms with van der Waals surface area (Å²) in [7, 11) is 0. The van der Waals surface area contributed by atoms with E-state index in [-0.39, 0.29) is 11.8 Å². The fraction of sp³-hybridized carbons (Fsp3) is 0.480. The average Bonchev–Trinajstić information content (AvgIpc) is 2.77. The predicted molar refractivity (Wildman–Crippen MR) is 121 cm³/mol. The fourth-order valence-corrected chi connectivity index (χ4v) is 3.53. The van der Waals surface area contributed by atoms with Crippen molar-refractivity contribution in [3.8, 4) is 5.75 Å². The van der Waals surface area contributed by atoms with Gasteiger partial charge in [0.15, 0.2) is 0 Å². The van der Waals surface area contributed by atoms with Crippen molar-refractivity contribution in [3.63, 3.8) is 0 Å². The molecular weight excluding hydrogens is 393 g/mol. The zero-order chi connectivity index (χ0) is 22.2. The van der Waals surface area contributed by atoms with Gasteiger partial charge >= 0.3 is 6.03 Å². The summed E-state index contributed by atoms with van der Waals surface area (Å²) >= 11 is 0. The number of nitrogens with one attached hydrogen (secondary N) is 1. The molecule has 0 spiro atoms. The van der Waals surface area contributed by atoms with E-state index in [2.05, 4.69) is 31.1 Å². The van der Waals surface area contributed by atoms with E-state index in [4.69, 9.17) is 4.74 Å². The van der Waals surface area contributed by atoms with Gasteiger partial charge in [0.05, 0.1) is 13.2 Å². The topological polar surface area (TPSA) is 44.8 Å².